The molecule has 0 saturated heterocycles. The van der Waals surface area contributed by atoms with Crippen LogP contribution in [0.5, 0.6) is 0 Å². The Morgan fingerprint density at radius 1 is 0.500 bits per heavy atom. The van der Waals surface area contributed by atoms with Crippen molar-refractivity contribution in [3.63, 3.8) is 0 Å². The maximum atomic E-state index is 13.9. The van der Waals surface area contributed by atoms with E-state index >= 15 is 0 Å². The minimum Gasteiger partial charge on any atom is -0.481 e. The fraction of sp³-hybridized carbons (Fsp3) is 0.700. The number of aliphatic carboxylic acids is 3. The summed E-state index contributed by atoms with van der Waals surface area (Å²) in [5.41, 5.74) is 30.5. The average Bonchev–Trinajstić information content (AvgIpc) is 3.28. The Hall–Kier alpha value is -7.17. The van der Waals surface area contributed by atoms with Crippen molar-refractivity contribution in [3.8, 4) is 0 Å². The van der Waals surface area contributed by atoms with E-state index in [0.717, 1.165) is 0 Å². The quantitative estimate of drug-likeness (QED) is 0.0119. The number of nitrogens with zero attached hydrogens (tertiary/aromatic N) is 3. The predicted molar refractivity (Wildman–Crippen MR) is 245 cm³/mol. The minimum absolute atomic E-state index is 0.00979. The van der Waals surface area contributed by atoms with Gasteiger partial charge in [0.25, 0.3) is 0 Å². The van der Waals surface area contributed by atoms with Gasteiger partial charge in [0, 0.05) is 11.3 Å². The third-order valence-corrected chi connectivity index (χ3v) is 10.0. The third-order valence-electron chi connectivity index (χ3n) is 10.0. The second kappa shape index (κ2) is 35.0. The monoisotopic (exact) mass is 1000 g/mol. The Bertz CT molecular complexity index is 1860. The lowest BCUT2D eigenvalue weighted by Gasteiger charge is -2.28. The van der Waals surface area contributed by atoms with Crippen LogP contribution < -0.4 is 65.5 Å². The number of primary amides is 1. The van der Waals surface area contributed by atoms with Gasteiger partial charge in [0.1, 0.15) is 48.8 Å². The number of azide groups is 1. The fourth-order valence-corrected chi connectivity index (χ4v) is 6.36. The van der Waals surface area contributed by atoms with Crippen LogP contribution in [-0.2, 0) is 57.5 Å². The van der Waals surface area contributed by atoms with E-state index in [-0.39, 0.29) is 45.3 Å². The molecule has 0 heterocycles. The molecule has 9 amide bonds. The summed E-state index contributed by atoms with van der Waals surface area (Å²) in [5, 5.41) is 50.0. The van der Waals surface area contributed by atoms with Crippen molar-refractivity contribution in [3.05, 3.63) is 10.4 Å². The number of hydrogen-bond donors (Lipinski definition) is 15. The van der Waals surface area contributed by atoms with E-state index in [9.17, 15) is 72.9 Å². The van der Waals surface area contributed by atoms with Crippen LogP contribution >= 0.6 is 0 Å². The zero-order chi connectivity index (χ0) is 53.3. The second-order valence-corrected chi connectivity index (χ2v) is 16.2. The summed E-state index contributed by atoms with van der Waals surface area (Å²) >= 11 is 0. The van der Waals surface area contributed by atoms with Gasteiger partial charge < -0.3 is 80.8 Å². The SMILES string of the molecule is CC(C)C(NC(=O)C(CCC(=O)O)NC(=O)[C@H](CC(=O)O)NC(=O)CN=[N+]=[N-])C(=O)NC(CC(=O)O)C(=O)N[C@@H](CCCCN)C(=O)N[C@@H](CCCCN)C(=O)N[C@@H](CCCCN)C(=O)NCC(N)=O. The molecule has 0 aliphatic carbocycles. The number of unbranched alkanes of at least 4 members (excludes halogenated alkanes) is 3. The number of carbonyl (C=O) groups excluding carboxylic acids is 9. The number of rotatable bonds is 38. The summed E-state index contributed by atoms with van der Waals surface area (Å²) in [7, 11) is 0. The standard InChI is InChI=1S/C40H69N15O15/c1-21(2)33(54-37(67)25(12-13-30(58)59)52-38(68)26(17-31(60)61)48-29(57)20-47-55-45)40(70)53-27(18-32(62)63)39(69)51-24(11-5-8-16-43)36(66)50-23(10-4-7-15-42)35(65)49-22(9-3-6-14-41)34(64)46-19-28(44)56/h21-27,33H,3-20,41-43H2,1-2H3,(H2,44,56)(H,46,64)(H,48,57)(H,49,65)(H,50,66)(H,51,69)(H,52,68)(H,53,70)(H,54,67)(H,58,59)(H,60,61)(H,62,63)/t22-,23-,24-,25?,26-,27?,33?/m0/s1. The van der Waals surface area contributed by atoms with Crippen molar-refractivity contribution in [2.45, 2.75) is 140 Å². The van der Waals surface area contributed by atoms with Gasteiger partial charge in [-0.3, -0.25) is 57.5 Å². The second-order valence-electron chi connectivity index (χ2n) is 16.2. The molecule has 30 heteroatoms. The van der Waals surface area contributed by atoms with Crippen LogP contribution in [0.2, 0.25) is 0 Å². The first-order valence-corrected chi connectivity index (χ1v) is 22.5. The van der Waals surface area contributed by atoms with Crippen molar-refractivity contribution in [2.24, 2.45) is 34.0 Å². The molecule has 394 valence electrons. The van der Waals surface area contributed by atoms with Gasteiger partial charge in [0.2, 0.25) is 53.2 Å². The molecule has 70 heavy (non-hydrogen) atoms. The van der Waals surface area contributed by atoms with Crippen molar-refractivity contribution < 1.29 is 72.9 Å². The normalized spacial score (nSPS) is 13.7. The van der Waals surface area contributed by atoms with E-state index in [2.05, 4.69) is 47.2 Å². The van der Waals surface area contributed by atoms with Crippen LogP contribution in [0.1, 0.15) is 97.3 Å². The van der Waals surface area contributed by atoms with Crippen LogP contribution in [0.4, 0.5) is 0 Å². The van der Waals surface area contributed by atoms with Gasteiger partial charge in [0.15, 0.2) is 0 Å². The third kappa shape index (κ3) is 27.0. The van der Waals surface area contributed by atoms with Crippen molar-refractivity contribution in [1.82, 2.24) is 42.5 Å². The first-order chi connectivity index (χ1) is 33.0. The van der Waals surface area contributed by atoms with Gasteiger partial charge in [-0.1, -0.05) is 19.0 Å². The maximum absolute atomic E-state index is 13.9. The van der Waals surface area contributed by atoms with Gasteiger partial charge in [-0.05, 0) is 95.3 Å². The van der Waals surface area contributed by atoms with E-state index in [0.29, 0.717) is 32.1 Å². The summed E-state index contributed by atoms with van der Waals surface area (Å²) in [6, 6.07) is -11.1. The van der Waals surface area contributed by atoms with Crippen LogP contribution in [0, 0.1) is 5.92 Å². The Kier molecular flexibility index (Phi) is 31.4. The lowest BCUT2D eigenvalue weighted by atomic mass is 10.0. The number of carboxylic acids is 3. The maximum Gasteiger partial charge on any atom is 0.305 e. The summed E-state index contributed by atoms with van der Waals surface area (Å²) in [6.45, 7) is 2.21. The highest BCUT2D eigenvalue weighted by Gasteiger charge is 2.36. The summed E-state index contributed by atoms with van der Waals surface area (Å²) in [6.07, 6.45) is -1.21. The number of nitrogens with one attached hydrogen (secondary N) is 8. The average molecular weight is 1000 g/mol. The Labute approximate surface area is 402 Å². The molecule has 0 radical (unpaired) electrons. The Morgan fingerprint density at radius 3 is 1.24 bits per heavy atom. The molecule has 0 aromatic rings. The molecule has 3 unspecified atom stereocenters. The highest BCUT2D eigenvalue weighted by molar-refractivity contribution is 5.99. The molecule has 0 aromatic heterocycles. The largest absolute Gasteiger partial charge is 0.481 e. The summed E-state index contributed by atoms with van der Waals surface area (Å²) in [4.78, 5) is 156. The number of carboxylic acid groups (broad SMARTS) is 3. The number of amides is 9. The first-order valence-electron chi connectivity index (χ1n) is 22.5. The predicted octanol–water partition coefficient (Wildman–Crippen LogP) is -4.85. The molecule has 0 aromatic carbocycles. The van der Waals surface area contributed by atoms with E-state index in [4.69, 9.17) is 28.5 Å². The van der Waals surface area contributed by atoms with Gasteiger partial charge in [-0.25, -0.2) is 0 Å². The molecule has 0 fully saturated rings. The molecule has 30 nitrogen and oxygen atoms in total. The van der Waals surface area contributed by atoms with Crippen LogP contribution in [0.15, 0.2) is 5.11 Å². The van der Waals surface area contributed by atoms with Gasteiger partial charge >= 0.3 is 17.9 Å². The minimum atomic E-state index is -1.92. The molecular weight excluding hydrogens is 931 g/mol. The van der Waals surface area contributed by atoms with E-state index in [1.807, 2.05) is 5.32 Å². The highest BCUT2D eigenvalue weighted by atomic mass is 16.4. The van der Waals surface area contributed by atoms with Crippen molar-refractivity contribution in [1.29, 1.82) is 0 Å². The number of carbonyl (C=O) groups is 12. The fourth-order valence-electron chi connectivity index (χ4n) is 6.36. The molecule has 0 bridgehead atoms. The van der Waals surface area contributed by atoms with Gasteiger partial charge in [0.05, 0.1) is 19.4 Å². The van der Waals surface area contributed by atoms with Crippen molar-refractivity contribution in [2.75, 3.05) is 32.7 Å². The topological polar surface area (TPSA) is 515 Å². The Morgan fingerprint density at radius 2 is 0.871 bits per heavy atom. The first kappa shape index (κ1) is 62.8. The van der Waals surface area contributed by atoms with Gasteiger partial charge in [-0.2, -0.15) is 0 Å². The highest BCUT2D eigenvalue weighted by Crippen LogP contribution is 2.11. The van der Waals surface area contributed by atoms with Crippen molar-refractivity contribution >= 4 is 71.1 Å². The summed E-state index contributed by atoms with van der Waals surface area (Å²) in [5.74, 6) is -14.6. The lowest BCUT2D eigenvalue weighted by molar-refractivity contribution is -0.142. The van der Waals surface area contributed by atoms with Crippen LogP contribution in [0.25, 0.3) is 10.4 Å². The van der Waals surface area contributed by atoms with E-state index in [1.165, 1.54) is 13.8 Å². The molecule has 7 atom stereocenters. The molecule has 0 spiro atoms. The molecule has 0 aliphatic rings. The van der Waals surface area contributed by atoms with Gasteiger partial charge in [-0.15, -0.1) is 0 Å². The van der Waals surface area contributed by atoms with E-state index < -0.39 is 158 Å². The zero-order valence-electron chi connectivity index (χ0n) is 39.2. The molecule has 19 N–H and O–H groups in total. The summed E-state index contributed by atoms with van der Waals surface area (Å²) < 4.78 is 0. The van der Waals surface area contributed by atoms with Crippen LogP contribution in [-0.4, -0.2) is 161 Å². The molecule has 0 aliphatic heterocycles. The molecule has 0 saturated carbocycles. The molecule has 0 rings (SSSR count). The number of nitrogens with two attached hydrogens (primary N) is 4. The molecular formula is C40H69N15O15. The van der Waals surface area contributed by atoms with Crippen LogP contribution in [0.3, 0.4) is 0 Å². The smallest absolute Gasteiger partial charge is 0.305 e. The van der Waals surface area contributed by atoms with E-state index in [1.54, 1.807) is 0 Å². The zero-order valence-corrected chi connectivity index (χ0v) is 39.2. The lowest BCUT2D eigenvalue weighted by Crippen LogP contribution is -2.61. The number of hydrogen-bond acceptors (Lipinski definition) is 16. The Balaban J connectivity index is 6.65.